The van der Waals surface area contributed by atoms with Crippen molar-refractivity contribution in [2.45, 2.75) is 75.3 Å². The molecule has 2 aliphatic heterocycles. The lowest BCUT2D eigenvalue weighted by molar-refractivity contribution is -0.0770. The summed E-state index contributed by atoms with van der Waals surface area (Å²) in [5.41, 5.74) is 3.57. The van der Waals surface area contributed by atoms with E-state index >= 15 is 0 Å². The monoisotopic (exact) mass is 644 g/mol. The van der Waals surface area contributed by atoms with Crippen LogP contribution < -0.4 is 4.74 Å². The summed E-state index contributed by atoms with van der Waals surface area (Å²) in [7, 11) is -3.73. The highest BCUT2D eigenvalue weighted by atomic mass is 32.2. The third-order valence-electron chi connectivity index (χ3n) is 11.0. The summed E-state index contributed by atoms with van der Waals surface area (Å²) in [5.74, 6) is -0.229. The second kappa shape index (κ2) is 12.1. The first-order valence-electron chi connectivity index (χ1n) is 16.7. The molecule has 5 atom stereocenters. The topological polar surface area (TPSA) is 107 Å². The molecular weight excluding hydrogens is 600 g/mol. The Bertz CT molecular complexity index is 1710. The zero-order valence-electron chi connectivity index (χ0n) is 26.6. The lowest BCUT2D eigenvalue weighted by Crippen LogP contribution is -2.69. The average molecular weight is 645 g/mol. The molecule has 244 valence electrons. The molecule has 2 aliphatic carbocycles. The van der Waals surface area contributed by atoms with Crippen molar-refractivity contribution in [3.05, 3.63) is 94.5 Å². The van der Waals surface area contributed by atoms with Crippen LogP contribution in [-0.2, 0) is 34.0 Å². The number of hydrogen-bond donors (Lipinski definition) is 2. The van der Waals surface area contributed by atoms with E-state index in [0.717, 1.165) is 55.5 Å². The molecule has 1 saturated carbocycles. The highest BCUT2D eigenvalue weighted by molar-refractivity contribution is 7.88. The Morgan fingerprint density at radius 1 is 1.07 bits per heavy atom. The number of nitrogens with zero attached hydrogens (tertiary/aromatic N) is 2. The predicted molar refractivity (Wildman–Crippen MR) is 177 cm³/mol. The minimum atomic E-state index is -3.73. The van der Waals surface area contributed by atoms with Crippen molar-refractivity contribution in [2.24, 2.45) is 11.8 Å². The van der Waals surface area contributed by atoms with Gasteiger partial charge in [-0.3, -0.25) is 9.69 Å². The normalized spacial score (nSPS) is 26.6. The number of likely N-dealkylation sites (tertiary alicyclic amines) is 1. The molecule has 0 radical (unpaired) electrons. The van der Waals surface area contributed by atoms with Gasteiger partial charge in [0.15, 0.2) is 17.3 Å². The number of aliphatic hydroxyl groups is 1. The number of ketones is 1. The fraction of sp³-hybridized carbons (Fsp3) is 0.486. The highest BCUT2D eigenvalue weighted by Gasteiger charge is 2.67. The highest BCUT2D eigenvalue weighted by Crippen LogP contribution is 2.65. The van der Waals surface area contributed by atoms with Crippen LogP contribution >= 0.6 is 0 Å². The standard InChI is InChI=1S/C37H44N2O6S/c1-24(2)21-39(46(43,44)23-26-11-7-4-8-12-26)30-14-13-29-31-20-27-19-28(32(41)22-40)34(42)35-33(27)37(29,36(30)45-35)16-18-38(31)17-15-25-9-5-3-6-10-25/h3-12,19,24,29-31,36,40,42H,13-18,20-23H2,1-2H3/t29-,30?,31+,36?,37-/m0/s1. The van der Waals surface area contributed by atoms with Crippen LogP contribution in [0.1, 0.15) is 65.7 Å². The number of benzene rings is 3. The van der Waals surface area contributed by atoms with Crippen LogP contribution in [0.3, 0.4) is 0 Å². The third kappa shape index (κ3) is 5.16. The van der Waals surface area contributed by atoms with Crippen LogP contribution in [0.5, 0.6) is 11.5 Å². The van der Waals surface area contributed by atoms with Crippen molar-refractivity contribution in [3.8, 4) is 11.5 Å². The summed E-state index contributed by atoms with van der Waals surface area (Å²) in [5, 5.41) is 21.2. The van der Waals surface area contributed by atoms with Crippen LogP contribution in [0, 0.1) is 11.8 Å². The van der Waals surface area contributed by atoms with Crippen LogP contribution in [0.2, 0.25) is 0 Å². The van der Waals surface area contributed by atoms with Gasteiger partial charge in [-0.05, 0) is 73.2 Å². The quantitative estimate of drug-likeness (QED) is 0.292. The number of ether oxygens (including phenoxy) is 1. The van der Waals surface area contributed by atoms with Gasteiger partial charge in [-0.15, -0.1) is 0 Å². The molecule has 4 aliphatic rings. The van der Waals surface area contributed by atoms with Gasteiger partial charge in [-0.25, -0.2) is 8.42 Å². The van der Waals surface area contributed by atoms with Crippen molar-refractivity contribution in [2.75, 3.05) is 26.2 Å². The number of carbonyl (C=O) groups is 1. The Balaban J connectivity index is 1.30. The summed E-state index contributed by atoms with van der Waals surface area (Å²) in [6.45, 7) is 5.49. The fourth-order valence-electron chi connectivity index (χ4n) is 9.14. The van der Waals surface area contributed by atoms with Crippen molar-refractivity contribution >= 4 is 15.8 Å². The average Bonchev–Trinajstić information content (AvgIpc) is 3.40. The van der Waals surface area contributed by atoms with E-state index in [1.54, 1.807) is 10.4 Å². The Morgan fingerprint density at radius 2 is 1.76 bits per heavy atom. The first-order valence-corrected chi connectivity index (χ1v) is 18.3. The van der Waals surface area contributed by atoms with Crippen molar-refractivity contribution < 1.29 is 28.2 Å². The summed E-state index contributed by atoms with van der Waals surface area (Å²) in [6, 6.07) is 21.4. The Labute approximate surface area is 272 Å². The zero-order valence-corrected chi connectivity index (χ0v) is 27.5. The molecule has 3 aromatic carbocycles. The van der Waals surface area contributed by atoms with E-state index in [0.29, 0.717) is 18.7 Å². The molecule has 2 fully saturated rings. The molecule has 1 spiro atoms. The van der Waals surface area contributed by atoms with Crippen LogP contribution in [0.25, 0.3) is 0 Å². The molecular formula is C37H44N2O6S. The van der Waals surface area contributed by atoms with E-state index in [4.69, 9.17) is 4.74 Å². The zero-order chi connectivity index (χ0) is 32.2. The van der Waals surface area contributed by atoms with Crippen molar-refractivity contribution in [1.82, 2.24) is 9.21 Å². The maximum absolute atomic E-state index is 14.3. The fourth-order valence-corrected chi connectivity index (χ4v) is 11.1. The maximum Gasteiger partial charge on any atom is 0.218 e. The molecule has 0 amide bonds. The minimum Gasteiger partial charge on any atom is -0.504 e. The largest absolute Gasteiger partial charge is 0.504 e. The van der Waals surface area contributed by atoms with Gasteiger partial charge in [-0.1, -0.05) is 74.5 Å². The van der Waals surface area contributed by atoms with Crippen molar-refractivity contribution in [3.63, 3.8) is 0 Å². The summed E-state index contributed by atoms with van der Waals surface area (Å²) < 4.78 is 37.1. The molecule has 2 N–H and O–H groups in total. The number of aromatic hydroxyl groups is 1. The second-order valence-corrected chi connectivity index (χ2v) is 16.0. The second-order valence-electron chi connectivity index (χ2n) is 14.0. The lowest BCUT2D eigenvalue weighted by Gasteiger charge is -2.60. The Hall–Kier alpha value is -3.24. The van der Waals surface area contributed by atoms with Crippen LogP contribution in [0.15, 0.2) is 66.7 Å². The first kappa shape index (κ1) is 31.4. The molecule has 1 saturated heterocycles. The number of carbonyl (C=O) groups excluding carboxylic acids is 1. The first-order chi connectivity index (χ1) is 22.1. The number of hydrogen-bond acceptors (Lipinski definition) is 7. The molecule has 0 aromatic heterocycles. The van der Waals surface area contributed by atoms with Crippen molar-refractivity contribution in [1.29, 1.82) is 0 Å². The number of phenolic OH excluding ortho intramolecular Hbond substituents is 1. The smallest absolute Gasteiger partial charge is 0.218 e. The molecule has 2 heterocycles. The summed E-state index contributed by atoms with van der Waals surface area (Å²) in [6.07, 6.45) is 3.45. The minimum absolute atomic E-state index is 0.0749. The number of phenols is 1. The number of sulfonamides is 1. The summed E-state index contributed by atoms with van der Waals surface area (Å²) >= 11 is 0. The van der Waals surface area contributed by atoms with Gasteiger partial charge in [0.25, 0.3) is 0 Å². The van der Waals surface area contributed by atoms with E-state index in [1.165, 1.54) is 5.56 Å². The molecule has 3 aromatic rings. The molecule has 8 nitrogen and oxygen atoms in total. The molecule has 46 heavy (non-hydrogen) atoms. The van der Waals surface area contributed by atoms with E-state index in [2.05, 4.69) is 29.2 Å². The van der Waals surface area contributed by atoms with Gasteiger partial charge in [-0.2, -0.15) is 4.31 Å². The Morgan fingerprint density at radius 3 is 2.43 bits per heavy atom. The molecule has 9 heteroatoms. The van der Waals surface area contributed by atoms with Gasteiger partial charge >= 0.3 is 0 Å². The SMILES string of the molecule is CC(C)CN(C1CC[C@H]2[C@H]3Cc4cc(C(=O)CO)c(O)c5c4[C@@]2(CCN3CCc2ccccc2)C1O5)S(=O)(=O)Cc1ccccc1. The summed E-state index contributed by atoms with van der Waals surface area (Å²) in [4.78, 5) is 15.4. The third-order valence-corrected chi connectivity index (χ3v) is 12.8. The molecule has 2 unspecified atom stereocenters. The van der Waals surface area contributed by atoms with E-state index in [1.807, 2.05) is 50.2 Å². The van der Waals surface area contributed by atoms with Crippen LogP contribution in [-0.4, -0.2) is 78.0 Å². The maximum atomic E-state index is 14.3. The van der Waals surface area contributed by atoms with Crippen LogP contribution in [0.4, 0.5) is 0 Å². The Kier molecular flexibility index (Phi) is 8.24. The molecule has 7 rings (SSSR count). The molecule has 2 bridgehead atoms. The number of aliphatic hydroxyl groups excluding tert-OH is 1. The van der Waals surface area contributed by atoms with Gasteiger partial charge < -0.3 is 14.9 Å². The van der Waals surface area contributed by atoms with Gasteiger partial charge in [0.1, 0.15) is 12.7 Å². The van der Waals surface area contributed by atoms with E-state index < -0.39 is 40.0 Å². The lowest BCUT2D eigenvalue weighted by atomic mass is 9.51. The van der Waals surface area contributed by atoms with E-state index in [9.17, 15) is 23.4 Å². The van der Waals surface area contributed by atoms with Gasteiger partial charge in [0.2, 0.25) is 10.0 Å². The number of rotatable bonds is 11. The number of Topliss-reactive ketones (excluding diaryl/α,β-unsaturated/α-hetero) is 1. The number of piperidine rings is 1. The van der Waals surface area contributed by atoms with Gasteiger partial charge in [0, 0.05) is 30.1 Å². The predicted octanol–water partition coefficient (Wildman–Crippen LogP) is 4.71. The van der Waals surface area contributed by atoms with Gasteiger partial charge in [0.05, 0.1) is 17.4 Å². The van der Waals surface area contributed by atoms with E-state index in [-0.39, 0.29) is 34.9 Å².